The van der Waals surface area contributed by atoms with Crippen LogP contribution < -0.4 is 10.4 Å². The summed E-state index contributed by atoms with van der Waals surface area (Å²) in [6.45, 7) is 25.7. The predicted octanol–water partition coefficient (Wildman–Crippen LogP) is 5.56. The number of allylic oxidation sites excluding steroid dienone is 1. The minimum absolute atomic E-state index is 1.05. The van der Waals surface area contributed by atoms with Crippen LogP contribution in [0.25, 0.3) is 12.7 Å². The first-order valence-corrected chi connectivity index (χ1v) is 7.61. The average molecular weight is 264 g/mol. The molecule has 112 valence electrons. The standard InChI is InChI=1S/C11H12.4C2H6/c1-9(2)8-11-7-5-4-6-10(11)3;4*1-2/h4-8H,1,3H2,2H3;4*1-2H3/b11-8-;;;;. The molecule has 0 atom stereocenters. The lowest BCUT2D eigenvalue weighted by atomic mass is 10.2. The molecule has 0 saturated heterocycles. The summed E-state index contributed by atoms with van der Waals surface area (Å²) < 4.78 is 0. The molecule has 0 aliphatic heterocycles. The summed E-state index contributed by atoms with van der Waals surface area (Å²) in [6, 6.07) is 8.02. The van der Waals surface area contributed by atoms with E-state index in [2.05, 4.69) is 13.2 Å². The van der Waals surface area contributed by atoms with Crippen molar-refractivity contribution in [2.24, 2.45) is 0 Å². The number of benzene rings is 1. The number of hydrogen-bond donors (Lipinski definition) is 0. The van der Waals surface area contributed by atoms with Crippen LogP contribution in [0.1, 0.15) is 62.3 Å². The molecule has 0 nitrogen and oxygen atoms in total. The van der Waals surface area contributed by atoms with E-state index >= 15 is 0 Å². The van der Waals surface area contributed by atoms with Crippen molar-refractivity contribution in [1.82, 2.24) is 0 Å². The van der Waals surface area contributed by atoms with Crippen molar-refractivity contribution in [2.45, 2.75) is 62.3 Å². The Balaban J connectivity index is -0.000000121. The fourth-order valence-electron chi connectivity index (χ4n) is 0.940. The third-order valence-corrected chi connectivity index (χ3v) is 1.46. The summed E-state index contributed by atoms with van der Waals surface area (Å²) in [5.74, 6) is 0. The van der Waals surface area contributed by atoms with Crippen LogP contribution in [0.5, 0.6) is 0 Å². The van der Waals surface area contributed by atoms with Crippen LogP contribution in [-0.2, 0) is 0 Å². The molecule has 1 aromatic rings. The molecular formula is C19H36. The van der Waals surface area contributed by atoms with E-state index < -0.39 is 0 Å². The van der Waals surface area contributed by atoms with E-state index in [1.165, 1.54) is 0 Å². The van der Waals surface area contributed by atoms with Crippen molar-refractivity contribution in [3.8, 4) is 0 Å². The van der Waals surface area contributed by atoms with Gasteiger partial charge in [0.25, 0.3) is 0 Å². The van der Waals surface area contributed by atoms with E-state index in [1.54, 1.807) is 0 Å². The molecule has 0 aromatic heterocycles. The maximum atomic E-state index is 3.90. The maximum Gasteiger partial charge on any atom is -0.0188 e. The van der Waals surface area contributed by atoms with E-state index in [4.69, 9.17) is 0 Å². The first kappa shape index (κ1) is 26.3. The zero-order chi connectivity index (χ0) is 16.3. The molecule has 0 radical (unpaired) electrons. The summed E-state index contributed by atoms with van der Waals surface area (Å²) in [4.78, 5) is 0. The van der Waals surface area contributed by atoms with E-state index in [-0.39, 0.29) is 0 Å². The first-order valence-electron chi connectivity index (χ1n) is 7.61. The van der Waals surface area contributed by atoms with Crippen molar-refractivity contribution in [3.05, 3.63) is 46.9 Å². The van der Waals surface area contributed by atoms with Crippen molar-refractivity contribution >= 4 is 12.7 Å². The normalized spacial score (nSPS) is 7.95. The first-order chi connectivity index (χ1) is 9.20. The Bertz CT molecular complexity index is 358. The maximum absolute atomic E-state index is 3.90. The van der Waals surface area contributed by atoms with Crippen LogP contribution in [0.4, 0.5) is 0 Å². The van der Waals surface area contributed by atoms with Gasteiger partial charge in [-0.25, -0.2) is 0 Å². The number of rotatable bonds is 1. The molecule has 0 saturated carbocycles. The van der Waals surface area contributed by atoms with Gasteiger partial charge in [0.2, 0.25) is 0 Å². The van der Waals surface area contributed by atoms with Gasteiger partial charge in [-0.3, -0.25) is 0 Å². The monoisotopic (exact) mass is 264 g/mol. The Labute approximate surface area is 122 Å². The van der Waals surface area contributed by atoms with Crippen LogP contribution in [0.15, 0.2) is 36.4 Å². The van der Waals surface area contributed by atoms with Crippen LogP contribution in [0.2, 0.25) is 0 Å². The average Bonchev–Trinajstić information content (AvgIpc) is 2.49. The fraction of sp³-hybridized carbons (Fsp3) is 0.474. The second kappa shape index (κ2) is 25.5. The molecule has 1 aromatic carbocycles. The molecule has 0 amide bonds. The number of hydrogen-bond acceptors (Lipinski definition) is 0. The highest BCUT2D eigenvalue weighted by atomic mass is 13.8. The molecular weight excluding hydrogens is 228 g/mol. The van der Waals surface area contributed by atoms with Gasteiger partial charge in [-0.15, -0.1) is 0 Å². The third kappa shape index (κ3) is 19.2. The van der Waals surface area contributed by atoms with Crippen LogP contribution in [-0.4, -0.2) is 0 Å². The zero-order valence-corrected chi connectivity index (χ0v) is 14.8. The van der Waals surface area contributed by atoms with E-state index in [0.717, 1.165) is 16.0 Å². The second-order valence-electron chi connectivity index (χ2n) is 2.69. The second-order valence-corrected chi connectivity index (χ2v) is 2.69. The highest BCUT2D eigenvalue weighted by Crippen LogP contribution is 1.84. The van der Waals surface area contributed by atoms with E-state index in [0.29, 0.717) is 0 Å². The molecule has 1 rings (SSSR count). The van der Waals surface area contributed by atoms with Crippen molar-refractivity contribution in [3.63, 3.8) is 0 Å². The minimum Gasteiger partial charge on any atom is -0.0961 e. The third-order valence-electron chi connectivity index (χ3n) is 1.46. The molecule has 0 fully saturated rings. The van der Waals surface area contributed by atoms with Gasteiger partial charge >= 0.3 is 0 Å². The molecule has 0 N–H and O–H groups in total. The SMILES string of the molecule is C=C(C)/C=c1/ccccc1=C.CC.CC.CC.CC. The Morgan fingerprint density at radius 2 is 1.21 bits per heavy atom. The minimum atomic E-state index is 1.05. The molecule has 0 bridgehead atoms. The highest BCUT2D eigenvalue weighted by Gasteiger charge is 1.79. The van der Waals surface area contributed by atoms with Gasteiger partial charge in [-0.1, -0.05) is 104 Å². The molecule has 0 heterocycles. The highest BCUT2D eigenvalue weighted by molar-refractivity contribution is 5.43. The van der Waals surface area contributed by atoms with Gasteiger partial charge in [0, 0.05) is 0 Å². The van der Waals surface area contributed by atoms with E-state index in [1.807, 2.05) is 92.7 Å². The summed E-state index contributed by atoms with van der Waals surface area (Å²) in [6.07, 6.45) is 2.03. The Morgan fingerprint density at radius 3 is 1.53 bits per heavy atom. The Morgan fingerprint density at radius 1 is 0.842 bits per heavy atom. The molecule has 0 spiro atoms. The lowest BCUT2D eigenvalue weighted by Gasteiger charge is -1.88. The lowest BCUT2D eigenvalue weighted by Crippen LogP contribution is -2.21. The van der Waals surface area contributed by atoms with Crippen molar-refractivity contribution < 1.29 is 0 Å². The van der Waals surface area contributed by atoms with Crippen LogP contribution in [0.3, 0.4) is 0 Å². The summed E-state index contributed by atoms with van der Waals surface area (Å²) in [5, 5.41) is 2.20. The Hall–Kier alpha value is -1.30. The summed E-state index contributed by atoms with van der Waals surface area (Å²) in [7, 11) is 0. The summed E-state index contributed by atoms with van der Waals surface area (Å²) >= 11 is 0. The lowest BCUT2D eigenvalue weighted by molar-refractivity contribution is 1.50. The Kier molecular flexibility index (Phi) is 35.3. The van der Waals surface area contributed by atoms with Gasteiger partial charge < -0.3 is 0 Å². The van der Waals surface area contributed by atoms with Gasteiger partial charge in [-0.2, -0.15) is 0 Å². The smallest absolute Gasteiger partial charge is 0.0188 e. The van der Waals surface area contributed by atoms with Gasteiger partial charge in [-0.05, 0) is 17.4 Å². The van der Waals surface area contributed by atoms with Gasteiger partial charge in [0.1, 0.15) is 0 Å². The molecule has 0 heteroatoms. The van der Waals surface area contributed by atoms with Gasteiger partial charge in [0.15, 0.2) is 0 Å². The zero-order valence-electron chi connectivity index (χ0n) is 14.8. The van der Waals surface area contributed by atoms with Crippen LogP contribution in [0, 0.1) is 0 Å². The molecule has 0 aliphatic rings. The topological polar surface area (TPSA) is 0 Å². The summed E-state index contributed by atoms with van der Waals surface area (Å²) in [5.41, 5.74) is 1.06. The van der Waals surface area contributed by atoms with E-state index in [9.17, 15) is 0 Å². The molecule has 0 unspecified atom stereocenters. The van der Waals surface area contributed by atoms with Crippen molar-refractivity contribution in [2.75, 3.05) is 0 Å². The predicted molar refractivity (Wildman–Crippen MR) is 95.9 cm³/mol. The van der Waals surface area contributed by atoms with Crippen LogP contribution >= 0.6 is 0 Å². The fourth-order valence-corrected chi connectivity index (χ4v) is 0.940. The molecule has 19 heavy (non-hydrogen) atoms. The van der Waals surface area contributed by atoms with Crippen molar-refractivity contribution in [1.29, 1.82) is 0 Å². The van der Waals surface area contributed by atoms with Gasteiger partial charge in [0.05, 0.1) is 0 Å². The quantitative estimate of drug-likeness (QED) is 0.623. The largest absolute Gasteiger partial charge is 0.0961 e. The molecule has 0 aliphatic carbocycles.